The molecule has 1 heterocycles. The van der Waals surface area contributed by atoms with Crippen LogP contribution in [0.2, 0.25) is 5.28 Å². The smallest absolute Gasteiger partial charge is 0.258 e. The predicted molar refractivity (Wildman–Crippen MR) is 60.5 cm³/mol. The van der Waals surface area contributed by atoms with Crippen molar-refractivity contribution in [3.8, 4) is 5.69 Å². The van der Waals surface area contributed by atoms with Gasteiger partial charge in [0.05, 0.1) is 10.6 Å². The fourth-order valence-corrected chi connectivity index (χ4v) is 1.66. The second kappa shape index (κ2) is 4.02. The monoisotopic (exact) mass is 254 g/mol. The fraction of sp³-hybridized carbons (Fsp3) is 0.111. The van der Waals surface area contributed by atoms with E-state index in [1.54, 1.807) is 0 Å². The van der Waals surface area contributed by atoms with Crippen LogP contribution in [0.1, 0.15) is 0 Å². The van der Waals surface area contributed by atoms with E-state index < -0.39 is 10.6 Å². The van der Waals surface area contributed by atoms with Gasteiger partial charge in [0.1, 0.15) is 0 Å². The number of aryl methyl sites for hydroxylation is 1. The first kappa shape index (κ1) is 11.3. The summed E-state index contributed by atoms with van der Waals surface area (Å²) in [6.07, 6.45) is 0. The molecule has 0 bridgehead atoms. The number of benzene rings is 1. The van der Waals surface area contributed by atoms with Gasteiger partial charge in [0.2, 0.25) is 5.28 Å². The number of halogens is 1. The summed E-state index contributed by atoms with van der Waals surface area (Å²) in [6, 6.07) is 5.47. The lowest BCUT2D eigenvalue weighted by molar-refractivity contribution is -0.384. The zero-order valence-corrected chi connectivity index (χ0v) is 9.46. The molecule has 0 radical (unpaired) electrons. The SMILES string of the molecule is Cn1nc(Cl)n(-c2ccc([N+](=O)[O-])cc2)c1=O. The standard InChI is InChI=1S/C9H7ClN4O3/c1-12-9(15)13(8(10)11-12)6-2-4-7(5-3-6)14(16)17/h2-5H,1H3. The van der Waals surface area contributed by atoms with Gasteiger partial charge in [-0.05, 0) is 23.7 Å². The van der Waals surface area contributed by atoms with E-state index in [2.05, 4.69) is 5.10 Å². The second-order valence-corrected chi connectivity index (χ2v) is 3.62. The molecule has 0 unspecified atom stereocenters. The number of nitro benzene ring substituents is 1. The molecule has 2 aromatic rings. The van der Waals surface area contributed by atoms with E-state index in [9.17, 15) is 14.9 Å². The summed E-state index contributed by atoms with van der Waals surface area (Å²) in [6.45, 7) is 0. The number of hydrogen-bond donors (Lipinski definition) is 0. The van der Waals surface area contributed by atoms with Gasteiger partial charge in [-0.3, -0.25) is 10.1 Å². The molecule has 0 fully saturated rings. The van der Waals surface area contributed by atoms with Gasteiger partial charge in [-0.1, -0.05) is 0 Å². The first-order valence-corrected chi connectivity index (χ1v) is 4.95. The summed E-state index contributed by atoms with van der Waals surface area (Å²) < 4.78 is 2.25. The van der Waals surface area contributed by atoms with Crippen LogP contribution in [-0.4, -0.2) is 19.3 Å². The molecule has 17 heavy (non-hydrogen) atoms. The highest BCUT2D eigenvalue weighted by Gasteiger charge is 2.12. The van der Waals surface area contributed by atoms with E-state index in [-0.39, 0.29) is 11.0 Å². The Hall–Kier alpha value is -2.15. The summed E-state index contributed by atoms with van der Waals surface area (Å²) in [4.78, 5) is 21.6. The number of aromatic nitrogens is 3. The molecule has 1 aromatic heterocycles. The molecular weight excluding hydrogens is 248 g/mol. The molecule has 2 rings (SSSR count). The van der Waals surface area contributed by atoms with Crippen LogP contribution < -0.4 is 5.69 Å². The minimum atomic E-state index is -0.516. The highest BCUT2D eigenvalue weighted by molar-refractivity contribution is 6.28. The maximum absolute atomic E-state index is 11.7. The summed E-state index contributed by atoms with van der Waals surface area (Å²) >= 11 is 5.78. The van der Waals surface area contributed by atoms with Crippen molar-refractivity contribution < 1.29 is 4.92 Å². The van der Waals surface area contributed by atoms with E-state index in [0.29, 0.717) is 5.69 Å². The van der Waals surface area contributed by atoms with Crippen molar-refractivity contribution in [2.24, 2.45) is 7.05 Å². The van der Waals surface area contributed by atoms with E-state index in [1.807, 2.05) is 0 Å². The van der Waals surface area contributed by atoms with Crippen molar-refractivity contribution in [2.75, 3.05) is 0 Å². The number of nitro groups is 1. The lowest BCUT2D eigenvalue weighted by Gasteiger charge is -2.00. The van der Waals surface area contributed by atoms with Crippen molar-refractivity contribution in [1.29, 1.82) is 0 Å². The van der Waals surface area contributed by atoms with Crippen LogP contribution in [0, 0.1) is 10.1 Å². The molecule has 0 aliphatic carbocycles. The van der Waals surface area contributed by atoms with Crippen molar-refractivity contribution >= 4 is 17.3 Å². The quantitative estimate of drug-likeness (QED) is 0.594. The number of rotatable bonds is 2. The van der Waals surface area contributed by atoms with Gasteiger partial charge in [-0.2, -0.15) is 0 Å². The van der Waals surface area contributed by atoms with Crippen LogP contribution in [0.25, 0.3) is 5.69 Å². The van der Waals surface area contributed by atoms with Crippen molar-refractivity contribution in [3.05, 3.63) is 50.1 Å². The van der Waals surface area contributed by atoms with Crippen molar-refractivity contribution in [3.63, 3.8) is 0 Å². The Kier molecular flexibility index (Phi) is 2.68. The van der Waals surface area contributed by atoms with Gasteiger partial charge < -0.3 is 0 Å². The zero-order chi connectivity index (χ0) is 12.6. The number of hydrogen-bond acceptors (Lipinski definition) is 4. The Morgan fingerprint density at radius 1 is 1.35 bits per heavy atom. The van der Waals surface area contributed by atoms with Crippen LogP contribution in [0.15, 0.2) is 29.1 Å². The molecule has 0 aliphatic rings. The lowest BCUT2D eigenvalue weighted by atomic mass is 10.3. The van der Waals surface area contributed by atoms with Crippen molar-refractivity contribution in [2.45, 2.75) is 0 Å². The maximum Gasteiger partial charge on any atom is 0.351 e. The van der Waals surface area contributed by atoms with E-state index >= 15 is 0 Å². The number of nitrogens with zero attached hydrogens (tertiary/aromatic N) is 4. The summed E-state index contributed by atoms with van der Waals surface area (Å²) in [5.41, 5.74) is -0.0376. The lowest BCUT2D eigenvalue weighted by Crippen LogP contribution is -2.21. The maximum atomic E-state index is 11.7. The fourth-order valence-electron chi connectivity index (χ4n) is 1.38. The molecular formula is C9H7ClN4O3. The van der Waals surface area contributed by atoms with Gasteiger partial charge in [0.25, 0.3) is 5.69 Å². The molecule has 88 valence electrons. The molecule has 0 saturated carbocycles. The molecule has 8 heteroatoms. The van der Waals surface area contributed by atoms with E-state index in [0.717, 1.165) is 9.25 Å². The van der Waals surface area contributed by atoms with Gasteiger partial charge in [-0.25, -0.2) is 14.0 Å². The molecule has 0 aliphatic heterocycles. The largest absolute Gasteiger partial charge is 0.351 e. The third-order valence-electron chi connectivity index (χ3n) is 2.20. The molecule has 0 amide bonds. The molecule has 0 saturated heterocycles. The zero-order valence-electron chi connectivity index (χ0n) is 8.70. The Balaban J connectivity index is 2.54. The summed E-state index contributed by atoms with van der Waals surface area (Å²) in [5.74, 6) is 0. The Morgan fingerprint density at radius 2 is 1.94 bits per heavy atom. The van der Waals surface area contributed by atoms with Crippen LogP contribution in [0.3, 0.4) is 0 Å². The van der Waals surface area contributed by atoms with Gasteiger partial charge in [-0.15, -0.1) is 5.10 Å². The van der Waals surface area contributed by atoms with Crippen LogP contribution in [-0.2, 0) is 7.05 Å². The summed E-state index contributed by atoms with van der Waals surface area (Å²) in [5, 5.41) is 14.2. The predicted octanol–water partition coefficient (Wildman–Crippen LogP) is 1.13. The first-order chi connectivity index (χ1) is 8.00. The second-order valence-electron chi connectivity index (χ2n) is 3.28. The van der Waals surface area contributed by atoms with Crippen LogP contribution in [0.4, 0.5) is 5.69 Å². The molecule has 1 aromatic carbocycles. The third-order valence-corrected chi connectivity index (χ3v) is 2.45. The van der Waals surface area contributed by atoms with E-state index in [4.69, 9.17) is 11.6 Å². The highest BCUT2D eigenvalue weighted by Crippen LogP contribution is 2.16. The van der Waals surface area contributed by atoms with Gasteiger partial charge in [0.15, 0.2) is 0 Å². The number of non-ortho nitro benzene ring substituents is 1. The molecule has 0 N–H and O–H groups in total. The first-order valence-electron chi connectivity index (χ1n) is 4.57. The topological polar surface area (TPSA) is 83.0 Å². The third kappa shape index (κ3) is 1.92. The average molecular weight is 255 g/mol. The van der Waals surface area contributed by atoms with Crippen LogP contribution >= 0.6 is 11.6 Å². The Bertz CT molecular complexity index is 629. The average Bonchev–Trinajstić information content (AvgIpc) is 2.53. The Morgan fingerprint density at radius 3 is 2.35 bits per heavy atom. The van der Waals surface area contributed by atoms with Crippen LogP contribution in [0.5, 0.6) is 0 Å². The normalized spacial score (nSPS) is 10.5. The highest BCUT2D eigenvalue weighted by atomic mass is 35.5. The van der Waals surface area contributed by atoms with Crippen molar-refractivity contribution in [1.82, 2.24) is 14.3 Å². The molecule has 7 nitrogen and oxygen atoms in total. The Labute approximate surface area is 100 Å². The summed E-state index contributed by atoms with van der Waals surface area (Å²) in [7, 11) is 1.47. The minimum absolute atomic E-state index is 0.00588. The van der Waals surface area contributed by atoms with Gasteiger partial charge >= 0.3 is 5.69 Å². The minimum Gasteiger partial charge on any atom is -0.258 e. The molecule has 0 spiro atoms. The van der Waals surface area contributed by atoms with E-state index in [1.165, 1.54) is 31.3 Å². The van der Waals surface area contributed by atoms with Gasteiger partial charge in [0, 0.05) is 19.2 Å². The molecule has 0 atom stereocenters.